The predicted octanol–water partition coefficient (Wildman–Crippen LogP) is 3.13. The van der Waals surface area contributed by atoms with Crippen LogP contribution >= 0.6 is 15.9 Å². The van der Waals surface area contributed by atoms with Crippen LogP contribution in [0.25, 0.3) is 0 Å². The number of alkyl halides is 1. The molecule has 0 saturated carbocycles. The third-order valence-corrected chi connectivity index (χ3v) is 1.39. The van der Waals surface area contributed by atoms with Crippen molar-refractivity contribution in [3.05, 3.63) is 11.6 Å². The molecule has 0 heterocycles. The van der Waals surface area contributed by atoms with Gasteiger partial charge in [0.05, 0.1) is 0 Å². The molecule has 0 nitrogen and oxygen atoms in total. The number of hydrogen-bond donors (Lipinski definition) is 0. The Morgan fingerprint density at radius 1 is 1.62 bits per heavy atom. The molecule has 0 aliphatic rings. The Hall–Kier alpha value is 0.220. The van der Waals surface area contributed by atoms with Crippen molar-refractivity contribution in [2.24, 2.45) is 0 Å². The van der Waals surface area contributed by atoms with Gasteiger partial charge in [-0.1, -0.05) is 40.9 Å². The molecule has 0 aromatic carbocycles. The van der Waals surface area contributed by atoms with Gasteiger partial charge < -0.3 is 0 Å². The number of rotatable bonds is 3. The molecule has 0 aliphatic heterocycles. The summed E-state index contributed by atoms with van der Waals surface area (Å²) in [6, 6.07) is 0. The molecule has 0 amide bonds. The third kappa shape index (κ3) is 4.38. The Morgan fingerprint density at radius 2 is 2.25 bits per heavy atom. The van der Waals surface area contributed by atoms with Crippen molar-refractivity contribution in [1.29, 1.82) is 0 Å². The third-order valence-electron chi connectivity index (χ3n) is 1.07. The average molecular weight is 177 g/mol. The topological polar surface area (TPSA) is 0 Å². The van der Waals surface area contributed by atoms with Gasteiger partial charge in [-0.25, -0.2) is 0 Å². The van der Waals surface area contributed by atoms with Crippen LogP contribution in [0.1, 0.15) is 26.7 Å². The van der Waals surface area contributed by atoms with Gasteiger partial charge in [-0.15, -0.1) is 0 Å². The molecule has 0 unspecified atom stereocenters. The van der Waals surface area contributed by atoms with Crippen LogP contribution in [0.4, 0.5) is 0 Å². The Labute approximate surface area is 60.1 Å². The van der Waals surface area contributed by atoms with Crippen LogP contribution in [-0.4, -0.2) is 5.33 Å². The first-order valence-corrected chi connectivity index (χ1v) is 4.15. The van der Waals surface area contributed by atoms with Gasteiger partial charge in [-0.3, -0.25) is 0 Å². The van der Waals surface area contributed by atoms with E-state index in [0.717, 1.165) is 5.33 Å². The Morgan fingerprint density at radius 3 is 2.62 bits per heavy atom. The molecule has 0 aromatic heterocycles. The van der Waals surface area contributed by atoms with Gasteiger partial charge in [0.1, 0.15) is 0 Å². The second kappa shape index (κ2) is 5.36. The van der Waals surface area contributed by atoms with Crippen molar-refractivity contribution < 1.29 is 0 Å². The number of halogens is 1. The number of hydrogen-bond acceptors (Lipinski definition) is 0. The molecule has 0 aliphatic carbocycles. The normalized spacial score (nSPS) is 12.1. The SMILES string of the molecule is CCC/C(C)=C\CBr. The zero-order chi connectivity index (χ0) is 6.41. The first-order valence-electron chi connectivity index (χ1n) is 3.02. The highest BCUT2D eigenvalue weighted by Gasteiger charge is 1.82. The molecule has 0 atom stereocenters. The smallest absolute Gasteiger partial charge is 0.0214 e. The monoisotopic (exact) mass is 176 g/mol. The van der Waals surface area contributed by atoms with E-state index in [1.807, 2.05) is 0 Å². The van der Waals surface area contributed by atoms with Crippen LogP contribution in [0.3, 0.4) is 0 Å². The molecule has 0 bridgehead atoms. The Kier molecular flexibility index (Phi) is 5.51. The van der Waals surface area contributed by atoms with Crippen molar-refractivity contribution >= 4 is 15.9 Å². The summed E-state index contributed by atoms with van der Waals surface area (Å²) in [5.74, 6) is 0. The summed E-state index contributed by atoms with van der Waals surface area (Å²) in [5, 5.41) is 0.999. The van der Waals surface area contributed by atoms with E-state index in [1.54, 1.807) is 0 Å². The summed E-state index contributed by atoms with van der Waals surface area (Å²) < 4.78 is 0. The van der Waals surface area contributed by atoms with Gasteiger partial charge in [0.25, 0.3) is 0 Å². The van der Waals surface area contributed by atoms with E-state index in [9.17, 15) is 0 Å². The highest BCUT2D eigenvalue weighted by atomic mass is 79.9. The molecular weight excluding hydrogens is 164 g/mol. The fourth-order valence-corrected chi connectivity index (χ4v) is 1.18. The maximum absolute atomic E-state index is 3.34. The van der Waals surface area contributed by atoms with Gasteiger partial charge in [0, 0.05) is 5.33 Å². The molecule has 0 rings (SSSR count). The maximum Gasteiger partial charge on any atom is 0.0214 e. The second-order valence-corrected chi connectivity index (χ2v) is 2.60. The van der Waals surface area contributed by atoms with Gasteiger partial charge in [-0.2, -0.15) is 0 Å². The zero-order valence-corrected chi connectivity index (χ0v) is 7.16. The lowest BCUT2D eigenvalue weighted by Gasteiger charge is -1.92. The average Bonchev–Trinajstić information content (AvgIpc) is 1.68. The lowest BCUT2D eigenvalue weighted by Crippen LogP contribution is -1.74. The molecule has 0 spiro atoms. The summed E-state index contributed by atoms with van der Waals surface area (Å²) in [4.78, 5) is 0. The van der Waals surface area contributed by atoms with E-state index in [0.29, 0.717) is 0 Å². The maximum atomic E-state index is 3.34. The zero-order valence-electron chi connectivity index (χ0n) is 5.58. The standard InChI is InChI=1S/C7H13Br/c1-3-4-7(2)5-6-8/h5H,3-4,6H2,1-2H3/b7-5-. The van der Waals surface area contributed by atoms with E-state index in [4.69, 9.17) is 0 Å². The second-order valence-electron chi connectivity index (χ2n) is 1.95. The van der Waals surface area contributed by atoms with E-state index >= 15 is 0 Å². The minimum absolute atomic E-state index is 0.999. The lowest BCUT2D eigenvalue weighted by atomic mass is 10.2. The first kappa shape index (κ1) is 8.22. The predicted molar refractivity (Wildman–Crippen MR) is 42.5 cm³/mol. The van der Waals surface area contributed by atoms with Crippen molar-refractivity contribution in [2.75, 3.05) is 5.33 Å². The molecule has 0 fully saturated rings. The van der Waals surface area contributed by atoms with Gasteiger partial charge >= 0.3 is 0 Å². The van der Waals surface area contributed by atoms with Crippen LogP contribution in [-0.2, 0) is 0 Å². The lowest BCUT2D eigenvalue weighted by molar-refractivity contribution is 0.904. The summed E-state index contributed by atoms with van der Waals surface area (Å²) in [7, 11) is 0. The van der Waals surface area contributed by atoms with Gasteiger partial charge in [0.15, 0.2) is 0 Å². The molecular formula is C7H13Br. The van der Waals surface area contributed by atoms with E-state index in [2.05, 4.69) is 35.9 Å². The highest BCUT2D eigenvalue weighted by Crippen LogP contribution is 2.02. The fourth-order valence-electron chi connectivity index (χ4n) is 0.628. The first-order chi connectivity index (χ1) is 3.81. The quantitative estimate of drug-likeness (QED) is 0.459. The Balaban J connectivity index is 3.29. The van der Waals surface area contributed by atoms with Crippen LogP contribution in [0.5, 0.6) is 0 Å². The van der Waals surface area contributed by atoms with Crippen LogP contribution in [0, 0.1) is 0 Å². The molecule has 48 valence electrons. The van der Waals surface area contributed by atoms with E-state index in [1.165, 1.54) is 18.4 Å². The van der Waals surface area contributed by atoms with Gasteiger partial charge in [-0.05, 0) is 13.3 Å². The van der Waals surface area contributed by atoms with Crippen LogP contribution < -0.4 is 0 Å². The molecule has 0 radical (unpaired) electrons. The molecule has 0 N–H and O–H groups in total. The van der Waals surface area contributed by atoms with Crippen LogP contribution in [0.15, 0.2) is 11.6 Å². The van der Waals surface area contributed by atoms with E-state index in [-0.39, 0.29) is 0 Å². The fraction of sp³-hybridized carbons (Fsp3) is 0.714. The molecule has 1 heteroatoms. The minimum atomic E-state index is 0.999. The Bertz CT molecular complexity index is 74.5. The summed E-state index contributed by atoms with van der Waals surface area (Å²) in [6.07, 6.45) is 4.71. The van der Waals surface area contributed by atoms with E-state index < -0.39 is 0 Å². The molecule has 0 saturated heterocycles. The highest BCUT2D eigenvalue weighted by molar-refractivity contribution is 9.09. The molecule has 8 heavy (non-hydrogen) atoms. The van der Waals surface area contributed by atoms with Gasteiger partial charge in [0.2, 0.25) is 0 Å². The minimum Gasteiger partial charge on any atom is -0.0883 e. The summed E-state index contributed by atoms with van der Waals surface area (Å²) in [6.45, 7) is 4.37. The van der Waals surface area contributed by atoms with Crippen molar-refractivity contribution in [3.63, 3.8) is 0 Å². The largest absolute Gasteiger partial charge is 0.0883 e. The number of allylic oxidation sites excluding steroid dienone is 2. The van der Waals surface area contributed by atoms with Crippen LogP contribution in [0.2, 0.25) is 0 Å². The summed E-state index contributed by atoms with van der Waals surface area (Å²) in [5.41, 5.74) is 1.49. The van der Waals surface area contributed by atoms with Crippen molar-refractivity contribution in [1.82, 2.24) is 0 Å². The van der Waals surface area contributed by atoms with Crippen molar-refractivity contribution in [2.45, 2.75) is 26.7 Å². The summed E-state index contributed by atoms with van der Waals surface area (Å²) >= 11 is 3.34. The molecule has 0 aromatic rings. The van der Waals surface area contributed by atoms with Crippen molar-refractivity contribution in [3.8, 4) is 0 Å².